The third-order valence-corrected chi connectivity index (χ3v) is 3.91. The highest BCUT2D eigenvalue weighted by Gasteiger charge is 2.19. The van der Waals surface area contributed by atoms with Gasteiger partial charge in [-0.15, -0.1) is 10.1 Å². The van der Waals surface area contributed by atoms with Crippen molar-refractivity contribution in [3.05, 3.63) is 46.0 Å². The van der Waals surface area contributed by atoms with E-state index < -0.39 is 11.0 Å². The molecule has 0 heterocycles. The van der Waals surface area contributed by atoms with Gasteiger partial charge in [-0.2, -0.15) is 0 Å². The minimum atomic E-state index is -0.873. The summed E-state index contributed by atoms with van der Waals surface area (Å²) < 4.78 is 10.4. The maximum Gasteiger partial charge on any atom is 0.313 e. The van der Waals surface area contributed by atoms with Crippen LogP contribution in [0.4, 0.5) is 0 Å². The molecule has 134 valence electrons. The van der Waals surface area contributed by atoms with Gasteiger partial charge in [-0.05, 0) is 42.5 Å². The van der Waals surface area contributed by atoms with Crippen molar-refractivity contribution < 1.29 is 24.2 Å². The van der Waals surface area contributed by atoms with Gasteiger partial charge < -0.3 is 9.47 Å². The molecule has 0 aromatic heterocycles. The highest BCUT2D eigenvalue weighted by atomic mass is 17.0. The molecule has 0 spiro atoms. The standard InChI is InChI=1S/C18H21NO6/c1-4-5-8-24-18(20)12(2)14-9-13-6-7-15(23-3)11-16(13)17(10-14)25-19(21)22/h6-7,9-12H,4-5,8H2,1-3H3/t12-/m0/s1. The molecule has 0 unspecified atom stereocenters. The Morgan fingerprint density at radius 3 is 2.68 bits per heavy atom. The van der Waals surface area contributed by atoms with Crippen LogP contribution >= 0.6 is 0 Å². The van der Waals surface area contributed by atoms with Crippen molar-refractivity contribution in [2.45, 2.75) is 32.6 Å². The van der Waals surface area contributed by atoms with Crippen LogP contribution in [-0.2, 0) is 9.53 Å². The number of hydrogen-bond donors (Lipinski definition) is 0. The van der Waals surface area contributed by atoms with Gasteiger partial charge in [0.1, 0.15) is 11.5 Å². The van der Waals surface area contributed by atoms with Gasteiger partial charge in [-0.1, -0.05) is 25.5 Å². The van der Waals surface area contributed by atoms with Crippen molar-refractivity contribution in [3.8, 4) is 11.5 Å². The Hall–Kier alpha value is -2.83. The summed E-state index contributed by atoms with van der Waals surface area (Å²) in [5, 5.41) is 11.2. The summed E-state index contributed by atoms with van der Waals surface area (Å²) in [5.41, 5.74) is 0.594. The molecule has 0 aliphatic rings. The van der Waals surface area contributed by atoms with Crippen molar-refractivity contribution in [3.63, 3.8) is 0 Å². The average Bonchev–Trinajstić information content (AvgIpc) is 2.60. The van der Waals surface area contributed by atoms with E-state index in [2.05, 4.69) is 0 Å². The summed E-state index contributed by atoms with van der Waals surface area (Å²) in [5.74, 6) is -0.309. The highest BCUT2D eigenvalue weighted by molar-refractivity contribution is 5.91. The lowest BCUT2D eigenvalue weighted by atomic mass is 9.97. The number of hydrogen-bond acceptors (Lipinski definition) is 6. The van der Waals surface area contributed by atoms with Gasteiger partial charge in [-0.3, -0.25) is 9.63 Å². The number of benzene rings is 2. The van der Waals surface area contributed by atoms with Crippen molar-refractivity contribution >= 4 is 16.7 Å². The second-order valence-corrected chi connectivity index (χ2v) is 5.66. The van der Waals surface area contributed by atoms with Gasteiger partial charge in [-0.25, -0.2) is 0 Å². The second kappa shape index (κ2) is 8.32. The van der Waals surface area contributed by atoms with Gasteiger partial charge in [0, 0.05) is 5.39 Å². The fourth-order valence-electron chi connectivity index (χ4n) is 2.44. The van der Waals surface area contributed by atoms with E-state index in [-0.39, 0.29) is 11.7 Å². The first-order valence-electron chi connectivity index (χ1n) is 8.07. The van der Waals surface area contributed by atoms with Crippen molar-refractivity contribution in [2.24, 2.45) is 0 Å². The van der Waals surface area contributed by atoms with Crippen molar-refractivity contribution in [2.75, 3.05) is 13.7 Å². The molecule has 0 aliphatic heterocycles. The van der Waals surface area contributed by atoms with Crippen LogP contribution in [-0.4, -0.2) is 24.8 Å². The molecule has 0 amide bonds. The van der Waals surface area contributed by atoms with E-state index in [9.17, 15) is 14.9 Å². The number of carbonyl (C=O) groups is 1. The molecule has 0 fully saturated rings. The number of carbonyl (C=O) groups excluding carboxylic acids is 1. The summed E-state index contributed by atoms with van der Waals surface area (Å²) in [6, 6.07) is 8.46. The van der Waals surface area contributed by atoms with Crippen molar-refractivity contribution in [1.29, 1.82) is 0 Å². The topological polar surface area (TPSA) is 87.9 Å². The Bertz CT molecular complexity index is 773. The van der Waals surface area contributed by atoms with Gasteiger partial charge in [0.05, 0.1) is 19.6 Å². The van der Waals surface area contributed by atoms with Crippen LogP contribution in [0.25, 0.3) is 10.8 Å². The molecular formula is C18H21NO6. The van der Waals surface area contributed by atoms with Crippen LogP contribution < -0.4 is 9.57 Å². The zero-order valence-electron chi connectivity index (χ0n) is 14.5. The lowest BCUT2D eigenvalue weighted by Gasteiger charge is -2.15. The van der Waals surface area contributed by atoms with E-state index in [1.807, 2.05) is 6.92 Å². The summed E-state index contributed by atoms with van der Waals surface area (Å²) >= 11 is 0. The normalized spacial score (nSPS) is 11.8. The number of fused-ring (bicyclic) bond motifs is 1. The molecule has 7 nitrogen and oxygen atoms in total. The van der Waals surface area contributed by atoms with Crippen LogP contribution in [0.15, 0.2) is 30.3 Å². The van der Waals surface area contributed by atoms with E-state index in [4.69, 9.17) is 14.3 Å². The molecule has 7 heteroatoms. The molecule has 1 atom stereocenters. The van der Waals surface area contributed by atoms with Crippen LogP contribution in [0.2, 0.25) is 0 Å². The second-order valence-electron chi connectivity index (χ2n) is 5.66. The van der Waals surface area contributed by atoms with Gasteiger partial charge in [0.25, 0.3) is 5.09 Å². The monoisotopic (exact) mass is 347 g/mol. The minimum Gasteiger partial charge on any atom is -0.497 e. The van der Waals surface area contributed by atoms with Crippen LogP contribution in [0.3, 0.4) is 0 Å². The maximum atomic E-state index is 12.2. The van der Waals surface area contributed by atoms with Gasteiger partial charge >= 0.3 is 5.97 Å². The Labute approximate surface area is 145 Å². The fraction of sp³-hybridized carbons (Fsp3) is 0.389. The smallest absolute Gasteiger partial charge is 0.313 e. The number of rotatable bonds is 8. The fourth-order valence-corrected chi connectivity index (χ4v) is 2.44. The Balaban J connectivity index is 2.40. The van der Waals surface area contributed by atoms with Crippen molar-refractivity contribution in [1.82, 2.24) is 0 Å². The molecule has 25 heavy (non-hydrogen) atoms. The van der Waals surface area contributed by atoms with E-state index in [1.54, 1.807) is 31.2 Å². The Morgan fingerprint density at radius 1 is 1.28 bits per heavy atom. The SMILES string of the molecule is CCCCOC(=O)[C@@H](C)c1cc(O[N+](=O)[O-])c2cc(OC)ccc2c1. The summed E-state index contributed by atoms with van der Waals surface area (Å²) in [7, 11) is 1.51. The number of esters is 1. The number of ether oxygens (including phenoxy) is 2. The third-order valence-electron chi connectivity index (χ3n) is 3.91. The molecule has 0 radical (unpaired) electrons. The molecule has 2 aromatic rings. The molecule has 2 rings (SSSR count). The van der Waals surface area contributed by atoms with E-state index in [0.717, 1.165) is 12.8 Å². The van der Waals surface area contributed by atoms with E-state index >= 15 is 0 Å². The zero-order chi connectivity index (χ0) is 18.4. The number of methoxy groups -OCH3 is 1. The molecule has 0 saturated carbocycles. The first kappa shape index (κ1) is 18.5. The van der Waals surface area contributed by atoms with Gasteiger partial charge in [0.2, 0.25) is 0 Å². The largest absolute Gasteiger partial charge is 0.497 e. The Morgan fingerprint density at radius 2 is 2.04 bits per heavy atom. The molecule has 0 saturated heterocycles. The van der Waals surface area contributed by atoms with Crippen LogP contribution in [0.1, 0.15) is 38.2 Å². The molecule has 0 aliphatic carbocycles. The van der Waals surface area contributed by atoms with Crippen LogP contribution in [0.5, 0.6) is 11.5 Å². The third kappa shape index (κ3) is 4.59. The predicted molar refractivity (Wildman–Crippen MR) is 92.4 cm³/mol. The first-order valence-corrected chi connectivity index (χ1v) is 8.07. The lowest BCUT2D eigenvalue weighted by Crippen LogP contribution is -2.14. The van der Waals surface area contributed by atoms with Gasteiger partial charge in [0.15, 0.2) is 0 Å². The lowest BCUT2D eigenvalue weighted by molar-refractivity contribution is -0.710. The first-order chi connectivity index (χ1) is 12.0. The quantitative estimate of drug-likeness (QED) is 0.312. The zero-order valence-corrected chi connectivity index (χ0v) is 14.5. The highest BCUT2D eigenvalue weighted by Crippen LogP contribution is 2.33. The maximum absolute atomic E-state index is 12.2. The molecule has 0 bridgehead atoms. The predicted octanol–water partition coefficient (Wildman–Crippen LogP) is 3.87. The van der Waals surface area contributed by atoms with E-state index in [1.165, 1.54) is 13.2 Å². The summed E-state index contributed by atoms with van der Waals surface area (Å²) in [6.07, 6.45) is 1.73. The summed E-state index contributed by atoms with van der Waals surface area (Å²) in [6.45, 7) is 4.08. The molecule has 2 aromatic carbocycles. The number of nitrogens with zero attached hydrogens (tertiary/aromatic N) is 1. The molecular weight excluding hydrogens is 326 g/mol. The Kier molecular flexibility index (Phi) is 6.16. The average molecular weight is 347 g/mol. The summed E-state index contributed by atoms with van der Waals surface area (Å²) in [4.78, 5) is 27.7. The molecule has 0 N–H and O–H groups in total. The number of unbranched alkanes of at least 4 members (excludes halogenated alkanes) is 1. The van der Waals surface area contributed by atoms with Crippen LogP contribution in [0, 0.1) is 10.1 Å². The van der Waals surface area contributed by atoms with E-state index in [0.29, 0.717) is 28.7 Å². The minimum absolute atomic E-state index is 0.0598.